The first-order chi connectivity index (χ1) is 14.3. The maximum absolute atomic E-state index is 13.0. The van der Waals surface area contributed by atoms with Crippen LogP contribution in [0.2, 0.25) is 5.02 Å². The molecule has 1 aromatic heterocycles. The molecule has 0 saturated heterocycles. The normalized spacial score (nSPS) is 13.9. The summed E-state index contributed by atoms with van der Waals surface area (Å²) in [4.78, 5) is 18.6. The van der Waals surface area contributed by atoms with Crippen LogP contribution in [0.1, 0.15) is 29.9 Å². The highest BCUT2D eigenvalue weighted by molar-refractivity contribution is 6.30. The average molecular weight is 436 g/mol. The highest BCUT2D eigenvalue weighted by Crippen LogP contribution is 2.35. The number of nitrogens with zero attached hydrogens (tertiary/aromatic N) is 3. The zero-order chi connectivity index (χ0) is 21.3. The second-order valence-electron chi connectivity index (χ2n) is 7.01. The van der Waals surface area contributed by atoms with Crippen LogP contribution in [0.4, 0.5) is 18.9 Å². The number of carbonyl (C=O) groups is 1. The number of rotatable bonds is 4. The van der Waals surface area contributed by atoms with Crippen LogP contribution in [0.3, 0.4) is 0 Å². The number of carbonyl (C=O) groups excluding carboxylic acids is 1. The minimum Gasteiger partial charge on any atom is -0.339 e. The summed E-state index contributed by atoms with van der Waals surface area (Å²) in [6, 6.07) is 10.5. The molecule has 0 atom stereocenters. The van der Waals surface area contributed by atoms with Crippen molar-refractivity contribution in [3.05, 3.63) is 64.5 Å². The number of fused-ring (bicyclic) bond motifs is 1. The summed E-state index contributed by atoms with van der Waals surface area (Å²) in [7, 11) is 0. The third kappa shape index (κ3) is 4.33. The van der Waals surface area contributed by atoms with E-state index in [1.807, 2.05) is 0 Å². The van der Waals surface area contributed by atoms with Gasteiger partial charge in [0.1, 0.15) is 0 Å². The van der Waals surface area contributed by atoms with Crippen molar-refractivity contribution < 1.29 is 22.5 Å². The molecule has 0 saturated carbocycles. The van der Waals surface area contributed by atoms with Crippen LogP contribution in [-0.2, 0) is 23.8 Å². The van der Waals surface area contributed by atoms with Gasteiger partial charge in [-0.2, -0.15) is 18.2 Å². The van der Waals surface area contributed by atoms with Crippen molar-refractivity contribution in [2.75, 3.05) is 11.4 Å². The Balaban J connectivity index is 1.44. The molecule has 2 aromatic carbocycles. The van der Waals surface area contributed by atoms with Crippen LogP contribution in [0, 0.1) is 0 Å². The first-order valence-corrected chi connectivity index (χ1v) is 9.78. The van der Waals surface area contributed by atoms with Gasteiger partial charge in [0.15, 0.2) is 0 Å². The van der Waals surface area contributed by atoms with Gasteiger partial charge in [0.25, 0.3) is 0 Å². The zero-order valence-electron chi connectivity index (χ0n) is 15.7. The highest BCUT2D eigenvalue weighted by atomic mass is 35.5. The van der Waals surface area contributed by atoms with Crippen molar-refractivity contribution in [2.45, 2.75) is 31.9 Å². The summed E-state index contributed by atoms with van der Waals surface area (Å²) >= 11 is 5.87. The maximum atomic E-state index is 13.0. The van der Waals surface area contributed by atoms with E-state index >= 15 is 0 Å². The van der Waals surface area contributed by atoms with E-state index in [1.165, 1.54) is 11.0 Å². The molecule has 0 radical (unpaired) electrons. The van der Waals surface area contributed by atoms with Crippen LogP contribution in [-0.4, -0.2) is 22.6 Å². The minimum absolute atomic E-state index is 0.114. The highest BCUT2D eigenvalue weighted by Gasteiger charge is 2.32. The lowest BCUT2D eigenvalue weighted by molar-refractivity contribution is -0.137. The summed E-state index contributed by atoms with van der Waals surface area (Å²) in [5, 5.41) is 4.51. The number of aromatic nitrogens is 2. The van der Waals surface area contributed by atoms with E-state index in [4.69, 9.17) is 16.1 Å². The number of alkyl halides is 3. The molecule has 3 aromatic rings. The molecule has 0 N–H and O–H groups in total. The molecule has 2 heterocycles. The Bertz CT molecular complexity index is 1060. The molecular formula is C21H17ClF3N3O2. The monoisotopic (exact) mass is 435 g/mol. The maximum Gasteiger partial charge on any atom is 0.416 e. The predicted octanol–water partition coefficient (Wildman–Crippen LogP) is 5.32. The van der Waals surface area contributed by atoms with Crippen molar-refractivity contribution >= 4 is 23.2 Å². The van der Waals surface area contributed by atoms with Gasteiger partial charge in [-0.1, -0.05) is 16.8 Å². The molecule has 1 aliphatic rings. The van der Waals surface area contributed by atoms with E-state index in [0.29, 0.717) is 47.4 Å². The van der Waals surface area contributed by atoms with Crippen molar-refractivity contribution in [1.29, 1.82) is 0 Å². The Morgan fingerprint density at radius 1 is 1.17 bits per heavy atom. The topological polar surface area (TPSA) is 59.2 Å². The summed E-state index contributed by atoms with van der Waals surface area (Å²) in [5.41, 5.74) is 1.11. The van der Waals surface area contributed by atoms with Gasteiger partial charge in [0.2, 0.25) is 17.6 Å². The third-order valence-corrected chi connectivity index (χ3v) is 5.20. The molecule has 5 nitrogen and oxygen atoms in total. The summed E-state index contributed by atoms with van der Waals surface area (Å²) in [6.07, 6.45) is -2.92. The minimum atomic E-state index is -4.40. The molecule has 30 heavy (non-hydrogen) atoms. The largest absolute Gasteiger partial charge is 0.416 e. The van der Waals surface area contributed by atoms with Gasteiger partial charge in [-0.05, 0) is 60.9 Å². The number of hydrogen-bond donors (Lipinski definition) is 0. The van der Waals surface area contributed by atoms with Gasteiger partial charge in [0, 0.05) is 35.7 Å². The quantitative estimate of drug-likeness (QED) is 0.556. The van der Waals surface area contributed by atoms with Crippen LogP contribution in [0.5, 0.6) is 0 Å². The lowest BCUT2D eigenvalue weighted by Crippen LogP contribution is -2.35. The average Bonchev–Trinajstić information content (AvgIpc) is 3.20. The van der Waals surface area contributed by atoms with Gasteiger partial charge in [-0.15, -0.1) is 0 Å². The fourth-order valence-corrected chi connectivity index (χ4v) is 3.58. The SMILES string of the molecule is O=C(CCc1nc(-c2ccc(Cl)cc2)no1)N1CCCc2cc(C(F)(F)F)ccc21. The van der Waals surface area contributed by atoms with Crippen molar-refractivity contribution in [2.24, 2.45) is 0 Å². The Morgan fingerprint density at radius 2 is 1.93 bits per heavy atom. The Labute approximate surface area is 175 Å². The van der Waals surface area contributed by atoms with Gasteiger partial charge < -0.3 is 9.42 Å². The summed E-state index contributed by atoms with van der Waals surface area (Å²) in [6.45, 7) is 0.469. The Kier molecular flexibility index (Phi) is 5.51. The first kappa shape index (κ1) is 20.4. The van der Waals surface area contributed by atoms with Crippen LogP contribution in [0.15, 0.2) is 47.0 Å². The van der Waals surface area contributed by atoms with Crippen molar-refractivity contribution in [3.8, 4) is 11.4 Å². The second-order valence-corrected chi connectivity index (χ2v) is 7.45. The molecule has 0 aliphatic carbocycles. The van der Waals surface area contributed by atoms with E-state index in [-0.39, 0.29) is 18.7 Å². The number of halogens is 4. The molecule has 4 rings (SSSR count). The lowest BCUT2D eigenvalue weighted by atomic mass is 9.98. The molecule has 156 valence electrons. The predicted molar refractivity (Wildman–Crippen MR) is 105 cm³/mol. The number of amides is 1. The van der Waals surface area contributed by atoms with Crippen molar-refractivity contribution in [3.63, 3.8) is 0 Å². The fourth-order valence-electron chi connectivity index (χ4n) is 3.45. The molecule has 1 amide bonds. The van der Waals surface area contributed by atoms with E-state index in [1.54, 1.807) is 24.3 Å². The first-order valence-electron chi connectivity index (χ1n) is 9.40. The second kappa shape index (κ2) is 8.10. The molecule has 9 heteroatoms. The van der Waals surface area contributed by atoms with E-state index < -0.39 is 11.7 Å². The van der Waals surface area contributed by atoms with Gasteiger partial charge in [-0.3, -0.25) is 4.79 Å². The number of benzene rings is 2. The van der Waals surface area contributed by atoms with E-state index in [9.17, 15) is 18.0 Å². The third-order valence-electron chi connectivity index (χ3n) is 4.95. The molecule has 1 aliphatic heterocycles. The number of aryl methyl sites for hydroxylation is 2. The van der Waals surface area contributed by atoms with E-state index in [2.05, 4.69) is 10.1 Å². The van der Waals surface area contributed by atoms with Crippen LogP contribution >= 0.6 is 11.6 Å². The van der Waals surface area contributed by atoms with Crippen LogP contribution < -0.4 is 4.90 Å². The molecule has 0 spiro atoms. The fraction of sp³-hybridized carbons (Fsp3) is 0.286. The van der Waals surface area contributed by atoms with Crippen molar-refractivity contribution in [1.82, 2.24) is 10.1 Å². The van der Waals surface area contributed by atoms with E-state index in [0.717, 1.165) is 17.7 Å². The molecule has 0 bridgehead atoms. The van der Waals surface area contributed by atoms with Crippen LogP contribution in [0.25, 0.3) is 11.4 Å². The molecule has 0 unspecified atom stereocenters. The van der Waals surface area contributed by atoms with Gasteiger partial charge in [-0.25, -0.2) is 0 Å². The Morgan fingerprint density at radius 3 is 2.67 bits per heavy atom. The number of anilines is 1. The smallest absolute Gasteiger partial charge is 0.339 e. The molecular weight excluding hydrogens is 419 g/mol. The summed E-state index contributed by atoms with van der Waals surface area (Å²) in [5.74, 6) is 0.525. The Hall–Kier alpha value is -2.87. The van der Waals surface area contributed by atoms with Gasteiger partial charge in [0.05, 0.1) is 5.56 Å². The zero-order valence-corrected chi connectivity index (χ0v) is 16.5. The standard InChI is InChI=1S/C21H17ClF3N3O2/c22-16-6-3-13(4-7-16)20-26-18(30-27-20)9-10-19(29)28-11-1-2-14-12-15(21(23,24)25)5-8-17(14)28/h3-8,12H,1-2,9-11H2. The lowest BCUT2D eigenvalue weighted by Gasteiger charge is -2.30. The number of hydrogen-bond acceptors (Lipinski definition) is 4. The summed E-state index contributed by atoms with van der Waals surface area (Å²) < 4.78 is 44.1. The molecule has 0 fully saturated rings. The van der Waals surface area contributed by atoms with Gasteiger partial charge >= 0.3 is 6.18 Å².